The number of rotatable bonds is 3. The number of hydrogen-bond donors (Lipinski definition) is 1. The largest absolute Gasteiger partial charge is 0.497 e. The van der Waals surface area contributed by atoms with Crippen molar-refractivity contribution in [1.29, 1.82) is 0 Å². The summed E-state index contributed by atoms with van der Waals surface area (Å²) in [5.41, 5.74) is 2.92. The molecule has 1 N–H and O–H groups in total. The van der Waals surface area contributed by atoms with E-state index in [1.807, 2.05) is 41.0 Å². The van der Waals surface area contributed by atoms with Crippen LogP contribution in [0.5, 0.6) is 5.75 Å². The van der Waals surface area contributed by atoms with E-state index in [1.54, 1.807) is 24.1 Å². The van der Waals surface area contributed by atoms with Crippen LogP contribution >= 0.6 is 0 Å². The highest BCUT2D eigenvalue weighted by molar-refractivity contribution is 5.89. The van der Waals surface area contributed by atoms with E-state index < -0.39 is 0 Å². The average Bonchev–Trinajstić information content (AvgIpc) is 2.80. The number of fused-ring (bicyclic) bond motifs is 4. The van der Waals surface area contributed by atoms with Gasteiger partial charge in [-0.05, 0) is 60.4 Å². The van der Waals surface area contributed by atoms with Gasteiger partial charge in [0.15, 0.2) is 0 Å². The number of methoxy groups -OCH3 is 1. The molecule has 32 heavy (non-hydrogen) atoms. The molecule has 1 fully saturated rings. The lowest BCUT2D eigenvalue weighted by atomic mass is 9.83. The van der Waals surface area contributed by atoms with Crippen LogP contribution in [0.25, 0.3) is 11.1 Å². The molecular weight excluding hydrogens is 409 g/mol. The number of anilines is 1. The zero-order chi connectivity index (χ0) is 22.2. The van der Waals surface area contributed by atoms with Crippen molar-refractivity contribution in [2.45, 2.75) is 18.9 Å². The Morgan fingerprint density at radius 2 is 1.88 bits per heavy atom. The first-order chi connectivity index (χ1) is 15.5. The number of likely N-dealkylation sites (tertiary alicyclic amines) is 1. The van der Waals surface area contributed by atoms with E-state index in [4.69, 9.17) is 4.74 Å². The van der Waals surface area contributed by atoms with E-state index in [0.29, 0.717) is 30.9 Å². The molecule has 2 aliphatic heterocycles. The van der Waals surface area contributed by atoms with Crippen LogP contribution in [-0.2, 0) is 6.54 Å². The van der Waals surface area contributed by atoms with Crippen molar-refractivity contribution in [1.82, 2.24) is 9.47 Å². The maximum Gasteiger partial charge on any atom is 0.321 e. The summed E-state index contributed by atoms with van der Waals surface area (Å²) in [6.07, 6.45) is 0.949. The summed E-state index contributed by atoms with van der Waals surface area (Å²) >= 11 is 0. The molecule has 1 saturated heterocycles. The van der Waals surface area contributed by atoms with Gasteiger partial charge < -0.3 is 19.5 Å². The smallest absolute Gasteiger partial charge is 0.321 e. The molecule has 3 aromatic rings. The number of carbonyl (C=O) groups is 1. The molecule has 164 valence electrons. The highest BCUT2D eigenvalue weighted by Gasteiger charge is 2.36. The van der Waals surface area contributed by atoms with Crippen molar-refractivity contribution in [3.05, 3.63) is 82.5 Å². The first kappa shape index (κ1) is 20.3. The number of amides is 2. The van der Waals surface area contributed by atoms with Crippen molar-refractivity contribution in [3.63, 3.8) is 0 Å². The van der Waals surface area contributed by atoms with Gasteiger partial charge in [0.25, 0.3) is 5.56 Å². The molecule has 2 amide bonds. The van der Waals surface area contributed by atoms with Crippen molar-refractivity contribution < 1.29 is 13.9 Å². The molecule has 7 heteroatoms. The highest BCUT2D eigenvalue weighted by Crippen LogP contribution is 2.36. The fourth-order valence-electron chi connectivity index (χ4n) is 4.87. The standard InChI is InChI=1S/C25H24FN3O3/c1-32-21-7-5-17(6-8-21)22-9-10-23-18-11-16(14-29(23)24(22)30)13-28(15-18)25(31)27-20-4-2-3-19(26)12-20/h2-10,12,16,18H,11,13-15H2,1H3,(H,27,31)/t16-,18+/m0/s1. The van der Waals surface area contributed by atoms with Crippen LogP contribution in [0.4, 0.5) is 14.9 Å². The fraction of sp³-hybridized carbons (Fsp3) is 0.280. The van der Waals surface area contributed by atoms with E-state index in [1.165, 1.54) is 12.1 Å². The highest BCUT2D eigenvalue weighted by atomic mass is 19.1. The summed E-state index contributed by atoms with van der Waals surface area (Å²) in [5.74, 6) is 0.652. The quantitative estimate of drug-likeness (QED) is 0.669. The molecule has 2 aliphatic rings. The zero-order valence-corrected chi connectivity index (χ0v) is 17.8. The molecule has 2 atom stereocenters. The second kappa shape index (κ2) is 8.15. The Kier molecular flexibility index (Phi) is 5.17. The third kappa shape index (κ3) is 3.75. The molecule has 0 aliphatic carbocycles. The SMILES string of the molecule is COc1ccc(-c2ccc3n(c2=O)C[C@H]2C[C@@H]3CN(C(=O)Nc3cccc(F)c3)C2)cc1. The van der Waals surface area contributed by atoms with Crippen LogP contribution in [-0.4, -0.2) is 35.7 Å². The van der Waals surface area contributed by atoms with Gasteiger partial charge >= 0.3 is 6.03 Å². The molecule has 3 heterocycles. The van der Waals surface area contributed by atoms with Crippen molar-refractivity contribution >= 4 is 11.7 Å². The van der Waals surface area contributed by atoms with Crippen LogP contribution in [0.2, 0.25) is 0 Å². The number of nitrogens with one attached hydrogen (secondary N) is 1. The number of halogens is 1. The minimum atomic E-state index is -0.390. The number of aromatic nitrogens is 1. The first-order valence-corrected chi connectivity index (χ1v) is 10.7. The van der Waals surface area contributed by atoms with Crippen molar-refractivity contribution in [2.24, 2.45) is 5.92 Å². The minimum Gasteiger partial charge on any atom is -0.497 e. The Morgan fingerprint density at radius 3 is 2.62 bits per heavy atom. The lowest BCUT2D eigenvalue weighted by Gasteiger charge is -2.42. The van der Waals surface area contributed by atoms with Gasteiger partial charge in [-0.15, -0.1) is 0 Å². The maximum atomic E-state index is 13.4. The van der Waals surface area contributed by atoms with Gasteiger partial charge in [-0.2, -0.15) is 0 Å². The van der Waals surface area contributed by atoms with E-state index in [9.17, 15) is 14.0 Å². The number of benzene rings is 2. The summed E-state index contributed by atoms with van der Waals surface area (Å²) in [5, 5.41) is 2.79. The van der Waals surface area contributed by atoms with E-state index in [0.717, 1.165) is 23.4 Å². The molecule has 0 saturated carbocycles. The number of piperidine rings is 1. The number of hydrogen-bond acceptors (Lipinski definition) is 3. The lowest BCUT2D eigenvalue weighted by molar-refractivity contribution is 0.139. The van der Waals surface area contributed by atoms with Gasteiger partial charge in [-0.3, -0.25) is 4.79 Å². The Hall–Kier alpha value is -3.61. The van der Waals surface area contributed by atoms with Gasteiger partial charge in [0.05, 0.1) is 7.11 Å². The second-order valence-electron chi connectivity index (χ2n) is 8.46. The predicted molar refractivity (Wildman–Crippen MR) is 121 cm³/mol. The van der Waals surface area contributed by atoms with Crippen LogP contribution in [0.3, 0.4) is 0 Å². The molecule has 0 spiro atoms. The van der Waals surface area contributed by atoms with Crippen LogP contribution in [0.1, 0.15) is 18.0 Å². The Balaban J connectivity index is 1.38. The van der Waals surface area contributed by atoms with Gasteiger partial charge in [-0.25, -0.2) is 9.18 Å². The molecular formula is C25H24FN3O3. The summed E-state index contributed by atoms with van der Waals surface area (Å²) in [6.45, 7) is 1.67. The van der Waals surface area contributed by atoms with Gasteiger partial charge in [0.2, 0.25) is 0 Å². The summed E-state index contributed by atoms with van der Waals surface area (Å²) in [6, 6.07) is 17.0. The number of nitrogens with zero attached hydrogens (tertiary/aromatic N) is 2. The normalized spacial score (nSPS) is 19.2. The second-order valence-corrected chi connectivity index (χ2v) is 8.46. The van der Waals surface area contributed by atoms with Crippen molar-refractivity contribution in [3.8, 4) is 16.9 Å². The third-order valence-corrected chi connectivity index (χ3v) is 6.37. The van der Waals surface area contributed by atoms with Gasteiger partial charge in [-0.1, -0.05) is 18.2 Å². The average molecular weight is 433 g/mol. The molecule has 1 aromatic heterocycles. The summed E-state index contributed by atoms with van der Waals surface area (Å²) in [4.78, 5) is 27.9. The van der Waals surface area contributed by atoms with Crippen LogP contribution in [0, 0.1) is 11.7 Å². The van der Waals surface area contributed by atoms with E-state index >= 15 is 0 Å². The Morgan fingerprint density at radius 1 is 1.06 bits per heavy atom. The van der Waals surface area contributed by atoms with Gasteiger partial charge in [0, 0.05) is 42.5 Å². The van der Waals surface area contributed by atoms with Gasteiger partial charge in [0.1, 0.15) is 11.6 Å². The number of carbonyl (C=O) groups excluding carboxylic acids is 1. The van der Waals surface area contributed by atoms with Crippen LogP contribution in [0.15, 0.2) is 65.5 Å². The first-order valence-electron chi connectivity index (χ1n) is 10.7. The molecule has 5 rings (SSSR count). The Labute approximate surface area is 185 Å². The fourth-order valence-corrected chi connectivity index (χ4v) is 4.87. The summed E-state index contributed by atoms with van der Waals surface area (Å²) < 4.78 is 20.5. The molecule has 6 nitrogen and oxygen atoms in total. The number of urea groups is 1. The zero-order valence-electron chi connectivity index (χ0n) is 17.8. The topological polar surface area (TPSA) is 63.6 Å². The third-order valence-electron chi connectivity index (χ3n) is 6.37. The van der Waals surface area contributed by atoms with E-state index in [2.05, 4.69) is 5.32 Å². The minimum absolute atomic E-state index is 0.0000270. The molecule has 2 aromatic carbocycles. The number of pyridine rings is 1. The van der Waals surface area contributed by atoms with Crippen LogP contribution < -0.4 is 15.6 Å². The Bertz CT molecular complexity index is 1220. The van der Waals surface area contributed by atoms with E-state index in [-0.39, 0.29) is 29.2 Å². The lowest BCUT2D eigenvalue weighted by Crippen LogP contribution is -2.50. The molecule has 0 radical (unpaired) electrons. The van der Waals surface area contributed by atoms with Crippen molar-refractivity contribution in [2.75, 3.05) is 25.5 Å². The molecule has 2 bridgehead atoms. The molecule has 0 unspecified atom stereocenters. The predicted octanol–water partition coefficient (Wildman–Crippen LogP) is 4.31. The maximum absolute atomic E-state index is 13.4. The monoisotopic (exact) mass is 433 g/mol. The number of ether oxygens (including phenoxy) is 1. The summed E-state index contributed by atoms with van der Waals surface area (Å²) in [7, 11) is 1.61.